The van der Waals surface area contributed by atoms with Crippen LogP contribution in [0.3, 0.4) is 0 Å². The average Bonchev–Trinajstić information content (AvgIpc) is 2.44. The van der Waals surface area contributed by atoms with Gasteiger partial charge in [0.15, 0.2) is 0 Å². The second kappa shape index (κ2) is 11.1. The summed E-state index contributed by atoms with van der Waals surface area (Å²) in [6, 6.07) is 0. The summed E-state index contributed by atoms with van der Waals surface area (Å²) in [5.41, 5.74) is 4.99. The van der Waals surface area contributed by atoms with Gasteiger partial charge < -0.3 is 16.0 Å². The van der Waals surface area contributed by atoms with Crippen molar-refractivity contribution in [2.24, 2.45) is 5.73 Å². The quantitative estimate of drug-likeness (QED) is 0.511. The monoisotopic (exact) mass is 285 g/mol. The largest absolute Gasteiger partial charge is 0.368 e. The maximum atomic E-state index is 11.6. The van der Waals surface area contributed by atoms with E-state index in [0.717, 1.165) is 45.3 Å². The van der Waals surface area contributed by atoms with Crippen LogP contribution in [0.1, 0.15) is 66.2 Å². The number of unbranched alkanes of at least 4 members (excludes halogenated alkanes) is 2. The van der Waals surface area contributed by atoms with Crippen molar-refractivity contribution >= 4 is 5.91 Å². The van der Waals surface area contributed by atoms with E-state index in [4.69, 9.17) is 5.73 Å². The summed E-state index contributed by atoms with van der Waals surface area (Å²) in [6.45, 7) is 12.7. The summed E-state index contributed by atoms with van der Waals surface area (Å²) >= 11 is 0. The average molecular weight is 285 g/mol. The highest BCUT2D eigenvalue weighted by atomic mass is 16.1. The molecule has 0 aliphatic heterocycles. The lowest BCUT2D eigenvalue weighted by Gasteiger charge is -2.28. The molecule has 0 radical (unpaired) electrons. The molecule has 1 amide bonds. The number of primary amides is 1. The molecule has 0 aliphatic rings. The predicted octanol–water partition coefficient (Wildman–Crippen LogP) is 2.52. The Morgan fingerprint density at radius 1 is 1.10 bits per heavy atom. The van der Waals surface area contributed by atoms with E-state index in [1.807, 2.05) is 6.92 Å². The lowest BCUT2D eigenvalue weighted by atomic mass is 9.93. The van der Waals surface area contributed by atoms with Crippen molar-refractivity contribution in [2.75, 3.05) is 26.2 Å². The lowest BCUT2D eigenvalue weighted by molar-refractivity contribution is -0.124. The minimum absolute atomic E-state index is 0.232. The number of nitrogens with one attached hydrogen (secondary N) is 1. The maximum Gasteiger partial charge on any atom is 0.237 e. The molecule has 0 bridgehead atoms. The Morgan fingerprint density at radius 3 is 2.25 bits per heavy atom. The number of nitrogens with zero attached hydrogens (tertiary/aromatic N) is 1. The van der Waals surface area contributed by atoms with Crippen LogP contribution in [0, 0.1) is 0 Å². The highest BCUT2D eigenvalue weighted by molar-refractivity contribution is 5.84. The van der Waals surface area contributed by atoms with E-state index in [1.165, 1.54) is 19.4 Å². The van der Waals surface area contributed by atoms with Gasteiger partial charge in [0.05, 0.1) is 5.54 Å². The molecule has 1 unspecified atom stereocenters. The summed E-state index contributed by atoms with van der Waals surface area (Å²) in [7, 11) is 0. The van der Waals surface area contributed by atoms with E-state index in [0.29, 0.717) is 0 Å². The van der Waals surface area contributed by atoms with Crippen LogP contribution in [0.4, 0.5) is 0 Å². The molecule has 20 heavy (non-hydrogen) atoms. The SMILES string of the molecule is CCCCN(CC)CCCCC(C)(NCCC)C(N)=O. The number of carbonyl (C=O) groups excluding carboxylic acids is 1. The molecule has 120 valence electrons. The number of amides is 1. The fourth-order valence-corrected chi connectivity index (χ4v) is 2.32. The minimum Gasteiger partial charge on any atom is -0.368 e. The van der Waals surface area contributed by atoms with Crippen LogP contribution in [0.15, 0.2) is 0 Å². The number of nitrogens with two attached hydrogens (primary N) is 1. The number of carbonyl (C=O) groups is 1. The van der Waals surface area contributed by atoms with Gasteiger partial charge in [0, 0.05) is 0 Å². The van der Waals surface area contributed by atoms with Crippen molar-refractivity contribution in [3.05, 3.63) is 0 Å². The molecule has 0 fully saturated rings. The van der Waals surface area contributed by atoms with E-state index in [1.54, 1.807) is 0 Å². The Labute approximate surface area is 125 Å². The zero-order valence-corrected chi connectivity index (χ0v) is 14.0. The Balaban J connectivity index is 4.01. The van der Waals surface area contributed by atoms with Gasteiger partial charge in [-0.2, -0.15) is 0 Å². The first-order chi connectivity index (χ1) is 9.50. The van der Waals surface area contributed by atoms with Gasteiger partial charge in [-0.25, -0.2) is 0 Å². The van der Waals surface area contributed by atoms with Crippen LogP contribution in [0.5, 0.6) is 0 Å². The van der Waals surface area contributed by atoms with Crippen molar-refractivity contribution in [1.29, 1.82) is 0 Å². The van der Waals surface area contributed by atoms with Gasteiger partial charge in [0.1, 0.15) is 0 Å². The Morgan fingerprint density at radius 2 is 1.75 bits per heavy atom. The van der Waals surface area contributed by atoms with Gasteiger partial charge in [0.25, 0.3) is 0 Å². The minimum atomic E-state index is -0.545. The molecule has 0 aromatic heterocycles. The second-order valence-corrected chi connectivity index (χ2v) is 5.87. The molecular formula is C16H35N3O. The molecule has 0 saturated heterocycles. The third-order valence-corrected chi connectivity index (χ3v) is 3.99. The van der Waals surface area contributed by atoms with Crippen LogP contribution in [-0.4, -0.2) is 42.5 Å². The van der Waals surface area contributed by atoms with Crippen LogP contribution in [0.25, 0.3) is 0 Å². The summed E-state index contributed by atoms with van der Waals surface area (Å²) in [5, 5.41) is 3.29. The van der Waals surface area contributed by atoms with E-state index >= 15 is 0 Å². The normalized spacial score (nSPS) is 14.4. The Hall–Kier alpha value is -0.610. The fraction of sp³-hybridized carbons (Fsp3) is 0.938. The predicted molar refractivity (Wildman–Crippen MR) is 86.8 cm³/mol. The molecule has 3 N–H and O–H groups in total. The number of hydrogen-bond acceptors (Lipinski definition) is 3. The molecule has 1 atom stereocenters. The van der Waals surface area contributed by atoms with Gasteiger partial charge >= 0.3 is 0 Å². The number of hydrogen-bond donors (Lipinski definition) is 2. The highest BCUT2D eigenvalue weighted by Gasteiger charge is 2.29. The summed E-state index contributed by atoms with van der Waals surface area (Å²) in [4.78, 5) is 14.1. The molecule has 4 heteroatoms. The van der Waals surface area contributed by atoms with Crippen molar-refractivity contribution in [2.45, 2.75) is 71.8 Å². The molecular weight excluding hydrogens is 250 g/mol. The third-order valence-electron chi connectivity index (χ3n) is 3.99. The van der Waals surface area contributed by atoms with Crippen LogP contribution < -0.4 is 11.1 Å². The van der Waals surface area contributed by atoms with E-state index in [2.05, 4.69) is 31.0 Å². The molecule has 0 aromatic rings. The zero-order chi connectivity index (χ0) is 15.4. The molecule has 0 saturated carbocycles. The van der Waals surface area contributed by atoms with E-state index in [-0.39, 0.29) is 5.91 Å². The van der Waals surface area contributed by atoms with Gasteiger partial charge in [-0.1, -0.05) is 27.2 Å². The first-order valence-corrected chi connectivity index (χ1v) is 8.27. The van der Waals surface area contributed by atoms with Crippen LogP contribution >= 0.6 is 0 Å². The molecule has 0 aromatic carbocycles. The zero-order valence-electron chi connectivity index (χ0n) is 14.0. The topological polar surface area (TPSA) is 58.4 Å². The van der Waals surface area contributed by atoms with Crippen LogP contribution in [0.2, 0.25) is 0 Å². The van der Waals surface area contributed by atoms with E-state index in [9.17, 15) is 4.79 Å². The van der Waals surface area contributed by atoms with Crippen molar-refractivity contribution < 1.29 is 4.79 Å². The lowest BCUT2D eigenvalue weighted by Crippen LogP contribution is -2.53. The molecule has 4 nitrogen and oxygen atoms in total. The molecule has 0 heterocycles. The molecule has 0 aliphatic carbocycles. The van der Waals surface area contributed by atoms with Crippen molar-refractivity contribution in [1.82, 2.24) is 10.2 Å². The smallest absolute Gasteiger partial charge is 0.237 e. The Bertz CT molecular complexity index is 258. The maximum absolute atomic E-state index is 11.6. The summed E-state index contributed by atoms with van der Waals surface area (Å²) < 4.78 is 0. The van der Waals surface area contributed by atoms with Gasteiger partial charge in [0.2, 0.25) is 5.91 Å². The Kier molecular flexibility index (Phi) is 10.8. The fourth-order valence-electron chi connectivity index (χ4n) is 2.32. The highest BCUT2D eigenvalue weighted by Crippen LogP contribution is 2.14. The third kappa shape index (κ3) is 7.85. The van der Waals surface area contributed by atoms with Crippen LogP contribution in [-0.2, 0) is 4.79 Å². The first kappa shape index (κ1) is 19.4. The van der Waals surface area contributed by atoms with Gasteiger partial charge in [-0.05, 0) is 65.2 Å². The van der Waals surface area contributed by atoms with Crippen molar-refractivity contribution in [3.8, 4) is 0 Å². The molecule has 0 rings (SSSR count). The van der Waals surface area contributed by atoms with Crippen molar-refractivity contribution in [3.63, 3.8) is 0 Å². The van der Waals surface area contributed by atoms with E-state index < -0.39 is 5.54 Å². The summed E-state index contributed by atoms with van der Waals surface area (Å²) in [6.07, 6.45) is 6.53. The first-order valence-electron chi connectivity index (χ1n) is 8.27. The molecule has 0 spiro atoms. The summed E-state index contributed by atoms with van der Waals surface area (Å²) in [5.74, 6) is -0.232. The standard InChI is InChI=1S/C16H35N3O/c1-5-8-13-19(7-3)14-10-9-11-16(4,15(17)20)18-12-6-2/h18H,5-14H2,1-4H3,(H2,17,20). The van der Waals surface area contributed by atoms with Gasteiger partial charge in [-0.15, -0.1) is 0 Å². The van der Waals surface area contributed by atoms with Gasteiger partial charge in [-0.3, -0.25) is 4.79 Å². The second-order valence-electron chi connectivity index (χ2n) is 5.87. The number of rotatable bonds is 13.